The summed E-state index contributed by atoms with van der Waals surface area (Å²) >= 11 is 11.8. The van der Waals surface area contributed by atoms with Gasteiger partial charge in [0.2, 0.25) is 5.91 Å². The molecule has 0 aliphatic rings. The van der Waals surface area contributed by atoms with E-state index in [0.717, 1.165) is 12.1 Å². The maximum absolute atomic E-state index is 12.0. The summed E-state index contributed by atoms with van der Waals surface area (Å²) in [6.45, 7) is 7.84. The average Bonchev–Trinajstić information content (AvgIpc) is 2.33. The Labute approximate surface area is 124 Å². The lowest BCUT2D eigenvalue weighted by Crippen LogP contribution is -2.48. The number of carbonyl (C=O) groups excluding carboxylic acids is 1. The predicted octanol–water partition coefficient (Wildman–Crippen LogP) is 4.10. The molecule has 0 bridgehead atoms. The van der Waals surface area contributed by atoms with Gasteiger partial charge in [0.15, 0.2) is 0 Å². The van der Waals surface area contributed by atoms with Crippen LogP contribution in [0.2, 0.25) is 10.0 Å². The van der Waals surface area contributed by atoms with Crippen LogP contribution in [0.3, 0.4) is 0 Å². The van der Waals surface area contributed by atoms with E-state index in [9.17, 15) is 4.79 Å². The molecule has 0 saturated carbocycles. The van der Waals surface area contributed by atoms with Crippen LogP contribution in [-0.2, 0) is 4.79 Å². The molecule has 0 fully saturated rings. The molecule has 2 N–H and O–H groups in total. The van der Waals surface area contributed by atoms with Crippen molar-refractivity contribution in [2.24, 2.45) is 0 Å². The minimum Gasteiger partial charge on any atom is -0.374 e. The van der Waals surface area contributed by atoms with Gasteiger partial charge in [0.25, 0.3) is 0 Å². The van der Waals surface area contributed by atoms with Crippen LogP contribution in [0, 0.1) is 0 Å². The molecule has 19 heavy (non-hydrogen) atoms. The van der Waals surface area contributed by atoms with Gasteiger partial charge < -0.3 is 10.6 Å². The summed E-state index contributed by atoms with van der Waals surface area (Å²) in [5.41, 5.74) is 0.566. The minimum absolute atomic E-state index is 0.0436. The van der Waals surface area contributed by atoms with Crippen LogP contribution >= 0.6 is 23.2 Å². The predicted molar refractivity (Wildman–Crippen MR) is 82.1 cm³/mol. The normalized spacial score (nSPS) is 12.9. The number of carbonyl (C=O) groups is 1. The zero-order valence-electron chi connectivity index (χ0n) is 11.7. The molecule has 1 aromatic rings. The third kappa shape index (κ3) is 4.92. The fourth-order valence-electron chi connectivity index (χ4n) is 1.43. The topological polar surface area (TPSA) is 41.1 Å². The summed E-state index contributed by atoms with van der Waals surface area (Å²) < 4.78 is 0. The second-order valence-electron chi connectivity index (χ2n) is 5.22. The summed E-state index contributed by atoms with van der Waals surface area (Å²) in [4.78, 5) is 12.0. The summed E-state index contributed by atoms with van der Waals surface area (Å²) in [7, 11) is 0. The average molecular weight is 303 g/mol. The van der Waals surface area contributed by atoms with Crippen molar-refractivity contribution in [2.45, 2.75) is 45.7 Å². The molecule has 0 spiro atoms. The lowest BCUT2D eigenvalue weighted by Gasteiger charge is -2.27. The van der Waals surface area contributed by atoms with Crippen LogP contribution < -0.4 is 10.6 Å². The Morgan fingerprint density at radius 1 is 1.32 bits per heavy atom. The standard InChI is InChI=1S/C14H20Cl2N2O/c1-5-14(3,4)18-13(19)9(2)17-10-6-7-11(15)12(16)8-10/h6-9,17H,5H2,1-4H3,(H,18,19). The van der Waals surface area contributed by atoms with E-state index >= 15 is 0 Å². The van der Waals surface area contributed by atoms with E-state index in [1.54, 1.807) is 18.2 Å². The smallest absolute Gasteiger partial charge is 0.242 e. The number of rotatable bonds is 5. The molecule has 1 rings (SSSR count). The fraction of sp³-hybridized carbons (Fsp3) is 0.500. The van der Waals surface area contributed by atoms with Gasteiger partial charge in [-0.3, -0.25) is 4.79 Å². The summed E-state index contributed by atoms with van der Waals surface area (Å²) in [6, 6.07) is 4.86. The van der Waals surface area contributed by atoms with Gasteiger partial charge in [-0.2, -0.15) is 0 Å². The maximum atomic E-state index is 12.0. The molecule has 3 nitrogen and oxygen atoms in total. The Hall–Kier alpha value is -0.930. The molecule has 1 amide bonds. The number of amides is 1. The first kappa shape index (κ1) is 16.1. The van der Waals surface area contributed by atoms with E-state index in [4.69, 9.17) is 23.2 Å². The second kappa shape index (κ2) is 6.49. The van der Waals surface area contributed by atoms with Crippen molar-refractivity contribution < 1.29 is 4.79 Å². The maximum Gasteiger partial charge on any atom is 0.242 e. The van der Waals surface area contributed by atoms with E-state index in [0.29, 0.717) is 10.0 Å². The Kier molecular flexibility index (Phi) is 5.50. The van der Waals surface area contributed by atoms with Crippen LogP contribution in [0.25, 0.3) is 0 Å². The first-order valence-electron chi connectivity index (χ1n) is 6.29. The van der Waals surface area contributed by atoms with E-state index in [1.807, 2.05) is 27.7 Å². The van der Waals surface area contributed by atoms with Gasteiger partial charge in [0.1, 0.15) is 6.04 Å². The molecular weight excluding hydrogens is 283 g/mol. The minimum atomic E-state index is -0.344. The number of nitrogens with one attached hydrogen (secondary N) is 2. The quantitative estimate of drug-likeness (QED) is 0.860. The van der Waals surface area contributed by atoms with Crippen molar-refractivity contribution in [3.05, 3.63) is 28.2 Å². The lowest BCUT2D eigenvalue weighted by molar-refractivity contribution is -0.123. The highest BCUT2D eigenvalue weighted by Gasteiger charge is 2.21. The fourth-order valence-corrected chi connectivity index (χ4v) is 1.73. The van der Waals surface area contributed by atoms with E-state index < -0.39 is 0 Å². The summed E-state index contributed by atoms with van der Waals surface area (Å²) in [5, 5.41) is 7.06. The van der Waals surface area contributed by atoms with Gasteiger partial charge in [-0.25, -0.2) is 0 Å². The molecule has 0 heterocycles. The third-order valence-electron chi connectivity index (χ3n) is 3.04. The number of anilines is 1. The number of halogens is 2. The molecular formula is C14H20Cl2N2O. The van der Waals surface area contributed by atoms with Crippen molar-refractivity contribution in [1.82, 2.24) is 5.32 Å². The van der Waals surface area contributed by atoms with Gasteiger partial charge in [-0.05, 0) is 45.4 Å². The Bertz CT molecular complexity index is 461. The number of benzene rings is 1. The third-order valence-corrected chi connectivity index (χ3v) is 3.78. The molecule has 1 aromatic carbocycles. The second-order valence-corrected chi connectivity index (χ2v) is 6.04. The van der Waals surface area contributed by atoms with Crippen molar-refractivity contribution >= 4 is 34.8 Å². The first-order valence-corrected chi connectivity index (χ1v) is 7.04. The Morgan fingerprint density at radius 2 is 1.95 bits per heavy atom. The molecule has 0 radical (unpaired) electrons. The molecule has 0 aliphatic heterocycles. The van der Waals surface area contributed by atoms with Crippen LogP contribution in [0.4, 0.5) is 5.69 Å². The summed E-state index contributed by atoms with van der Waals surface area (Å²) in [5.74, 6) is -0.0436. The largest absolute Gasteiger partial charge is 0.374 e. The van der Waals surface area contributed by atoms with Crippen molar-refractivity contribution in [2.75, 3.05) is 5.32 Å². The number of hydrogen-bond acceptors (Lipinski definition) is 2. The van der Waals surface area contributed by atoms with Crippen molar-refractivity contribution in [3.63, 3.8) is 0 Å². The molecule has 0 aliphatic carbocycles. The molecule has 1 unspecified atom stereocenters. The Morgan fingerprint density at radius 3 is 2.47 bits per heavy atom. The van der Waals surface area contributed by atoms with Crippen molar-refractivity contribution in [1.29, 1.82) is 0 Å². The zero-order valence-corrected chi connectivity index (χ0v) is 13.2. The van der Waals surface area contributed by atoms with Gasteiger partial charge in [-0.1, -0.05) is 30.1 Å². The van der Waals surface area contributed by atoms with Gasteiger partial charge in [0, 0.05) is 11.2 Å². The zero-order chi connectivity index (χ0) is 14.6. The molecule has 5 heteroatoms. The number of hydrogen-bond donors (Lipinski definition) is 2. The summed E-state index contributed by atoms with van der Waals surface area (Å²) in [6.07, 6.45) is 0.873. The SMILES string of the molecule is CCC(C)(C)NC(=O)C(C)Nc1ccc(Cl)c(Cl)c1. The van der Waals surface area contributed by atoms with E-state index in [-0.39, 0.29) is 17.5 Å². The highest BCUT2D eigenvalue weighted by Crippen LogP contribution is 2.25. The first-order chi connectivity index (χ1) is 8.75. The van der Waals surface area contributed by atoms with E-state index in [1.165, 1.54) is 0 Å². The van der Waals surface area contributed by atoms with Gasteiger partial charge >= 0.3 is 0 Å². The molecule has 1 atom stereocenters. The highest BCUT2D eigenvalue weighted by atomic mass is 35.5. The molecule has 106 valence electrons. The van der Waals surface area contributed by atoms with Gasteiger partial charge in [0.05, 0.1) is 10.0 Å². The molecule has 0 saturated heterocycles. The van der Waals surface area contributed by atoms with Crippen molar-refractivity contribution in [3.8, 4) is 0 Å². The van der Waals surface area contributed by atoms with Crippen LogP contribution in [-0.4, -0.2) is 17.5 Å². The lowest BCUT2D eigenvalue weighted by atomic mass is 10.0. The monoisotopic (exact) mass is 302 g/mol. The van der Waals surface area contributed by atoms with E-state index in [2.05, 4.69) is 10.6 Å². The van der Waals surface area contributed by atoms with Crippen LogP contribution in [0.15, 0.2) is 18.2 Å². The molecule has 0 aromatic heterocycles. The van der Waals surface area contributed by atoms with Crippen LogP contribution in [0.5, 0.6) is 0 Å². The Balaban J connectivity index is 2.66. The van der Waals surface area contributed by atoms with Gasteiger partial charge in [-0.15, -0.1) is 0 Å². The highest BCUT2D eigenvalue weighted by molar-refractivity contribution is 6.42. The van der Waals surface area contributed by atoms with Crippen LogP contribution in [0.1, 0.15) is 34.1 Å².